The van der Waals surface area contributed by atoms with Crippen LogP contribution in [0.2, 0.25) is 0 Å². The van der Waals surface area contributed by atoms with Crippen LogP contribution in [0.4, 0.5) is 8.78 Å². The molecule has 0 aromatic rings. The minimum Gasteiger partial charge on any atom is -0.396 e. The molecule has 0 aliphatic heterocycles. The quantitative estimate of drug-likeness (QED) is 0.704. The minimum absolute atomic E-state index is 0.000833. The van der Waals surface area contributed by atoms with E-state index in [2.05, 4.69) is 4.74 Å². The first kappa shape index (κ1) is 8.38. The fourth-order valence-corrected chi connectivity index (χ4v) is 2.79. The molecule has 70 valence electrons. The third-order valence-corrected chi connectivity index (χ3v) is 3.10. The number of hydrogen-bond acceptors (Lipinski definition) is 2. The first-order valence-corrected chi connectivity index (χ1v) is 4.11. The van der Waals surface area contributed by atoms with E-state index in [1.165, 1.54) is 0 Å². The van der Waals surface area contributed by atoms with Crippen molar-refractivity contribution in [1.82, 2.24) is 0 Å². The van der Waals surface area contributed by atoms with E-state index in [0.29, 0.717) is 0 Å². The molecule has 3 saturated carbocycles. The zero-order valence-corrected chi connectivity index (χ0v) is 6.72. The van der Waals surface area contributed by atoms with Gasteiger partial charge in [-0.15, -0.1) is 0 Å². The molecular formula is C8H12F2O2. The smallest absolute Gasteiger partial charge is 0.345 e. The Bertz CT molecular complexity index is 174. The summed E-state index contributed by atoms with van der Waals surface area (Å²) in [5, 5.41) is 8.89. The SMILES string of the molecule is OCC12CC(COC(F)F)(C1)C2. The molecule has 0 aromatic heterocycles. The predicted octanol–water partition coefficient (Wildman–Crippen LogP) is 1.39. The molecule has 1 N–H and O–H groups in total. The van der Waals surface area contributed by atoms with Gasteiger partial charge in [-0.25, -0.2) is 0 Å². The van der Waals surface area contributed by atoms with Crippen LogP contribution in [0, 0.1) is 10.8 Å². The largest absolute Gasteiger partial charge is 0.396 e. The fraction of sp³-hybridized carbons (Fsp3) is 1.00. The second-order valence-electron chi connectivity index (χ2n) is 4.26. The summed E-state index contributed by atoms with van der Waals surface area (Å²) in [5.74, 6) is 0. The van der Waals surface area contributed by atoms with Gasteiger partial charge in [0.05, 0.1) is 6.61 Å². The maximum Gasteiger partial charge on any atom is 0.345 e. The maximum absolute atomic E-state index is 11.6. The third kappa shape index (κ3) is 1.05. The predicted molar refractivity (Wildman–Crippen MR) is 37.8 cm³/mol. The van der Waals surface area contributed by atoms with Gasteiger partial charge >= 0.3 is 6.61 Å². The lowest BCUT2D eigenvalue weighted by molar-refractivity contribution is -0.272. The summed E-state index contributed by atoms with van der Waals surface area (Å²) in [6.45, 7) is -2.29. The Hall–Kier alpha value is -0.220. The second kappa shape index (κ2) is 2.39. The van der Waals surface area contributed by atoms with Gasteiger partial charge in [-0.1, -0.05) is 0 Å². The molecule has 0 heterocycles. The monoisotopic (exact) mass is 178 g/mol. The van der Waals surface area contributed by atoms with Gasteiger partial charge in [0.1, 0.15) is 0 Å². The summed E-state index contributed by atoms with van der Waals surface area (Å²) in [5.41, 5.74) is 0.0879. The Morgan fingerprint density at radius 2 is 1.83 bits per heavy atom. The molecule has 0 unspecified atom stereocenters. The Balaban J connectivity index is 1.74. The minimum atomic E-state index is -2.65. The molecule has 12 heavy (non-hydrogen) atoms. The van der Waals surface area contributed by atoms with Crippen molar-refractivity contribution in [3.8, 4) is 0 Å². The van der Waals surface area contributed by atoms with Crippen molar-refractivity contribution in [2.75, 3.05) is 13.2 Å². The first-order chi connectivity index (χ1) is 5.60. The molecule has 0 spiro atoms. The van der Waals surface area contributed by atoms with Crippen LogP contribution in [0.1, 0.15) is 19.3 Å². The molecule has 3 fully saturated rings. The third-order valence-electron chi connectivity index (χ3n) is 3.10. The van der Waals surface area contributed by atoms with Crippen molar-refractivity contribution in [1.29, 1.82) is 0 Å². The zero-order valence-electron chi connectivity index (χ0n) is 6.72. The van der Waals surface area contributed by atoms with E-state index in [-0.39, 0.29) is 24.0 Å². The summed E-state index contributed by atoms with van der Waals surface area (Å²) >= 11 is 0. The molecule has 3 aliphatic carbocycles. The van der Waals surface area contributed by atoms with Crippen LogP contribution in [0.15, 0.2) is 0 Å². The molecule has 2 bridgehead atoms. The second-order valence-corrected chi connectivity index (χ2v) is 4.26. The van der Waals surface area contributed by atoms with Gasteiger partial charge in [-0.05, 0) is 30.1 Å². The molecule has 3 rings (SSSR count). The highest BCUT2D eigenvalue weighted by Gasteiger charge is 2.67. The lowest BCUT2D eigenvalue weighted by Gasteiger charge is -2.70. The van der Waals surface area contributed by atoms with Crippen LogP contribution >= 0.6 is 0 Å². The topological polar surface area (TPSA) is 29.5 Å². The van der Waals surface area contributed by atoms with Crippen LogP contribution in [-0.2, 0) is 4.74 Å². The summed E-state index contributed by atoms with van der Waals surface area (Å²) in [7, 11) is 0. The van der Waals surface area contributed by atoms with Gasteiger partial charge in [0.25, 0.3) is 0 Å². The molecule has 0 aromatic carbocycles. The average molecular weight is 178 g/mol. The van der Waals surface area contributed by atoms with E-state index < -0.39 is 6.61 Å². The summed E-state index contributed by atoms with van der Waals surface area (Å²) < 4.78 is 27.6. The first-order valence-electron chi connectivity index (χ1n) is 4.11. The normalized spacial score (nSPS) is 44.0. The average Bonchev–Trinajstić information content (AvgIpc) is 1.82. The van der Waals surface area contributed by atoms with Crippen molar-refractivity contribution in [2.45, 2.75) is 25.9 Å². The molecular weight excluding hydrogens is 166 g/mol. The number of halogens is 2. The van der Waals surface area contributed by atoms with Crippen molar-refractivity contribution < 1.29 is 18.6 Å². The van der Waals surface area contributed by atoms with Crippen LogP contribution < -0.4 is 0 Å². The van der Waals surface area contributed by atoms with Gasteiger partial charge in [-0.2, -0.15) is 8.78 Å². The number of rotatable bonds is 4. The van der Waals surface area contributed by atoms with Gasteiger partial charge in [0.15, 0.2) is 0 Å². The van der Waals surface area contributed by atoms with E-state index in [9.17, 15) is 8.78 Å². The Labute approximate surface area is 69.5 Å². The van der Waals surface area contributed by atoms with Crippen molar-refractivity contribution in [2.24, 2.45) is 10.8 Å². The van der Waals surface area contributed by atoms with E-state index in [0.717, 1.165) is 19.3 Å². The van der Waals surface area contributed by atoms with Crippen LogP contribution in [0.3, 0.4) is 0 Å². The number of aliphatic hydroxyl groups excluding tert-OH is 1. The Morgan fingerprint density at radius 1 is 1.25 bits per heavy atom. The molecule has 3 aliphatic rings. The summed E-state index contributed by atoms with van der Waals surface area (Å²) in [4.78, 5) is 0. The Kier molecular flexibility index (Phi) is 1.67. The number of aliphatic hydroxyl groups is 1. The van der Waals surface area contributed by atoms with Gasteiger partial charge in [-0.3, -0.25) is 0 Å². The van der Waals surface area contributed by atoms with Crippen LogP contribution in [-0.4, -0.2) is 24.9 Å². The molecule has 0 radical (unpaired) electrons. The molecule has 4 heteroatoms. The van der Waals surface area contributed by atoms with Crippen molar-refractivity contribution >= 4 is 0 Å². The summed E-state index contributed by atoms with van der Waals surface area (Å²) in [6.07, 6.45) is 2.59. The van der Waals surface area contributed by atoms with Gasteiger partial charge in [0, 0.05) is 6.61 Å². The van der Waals surface area contributed by atoms with Crippen molar-refractivity contribution in [3.63, 3.8) is 0 Å². The highest BCUT2D eigenvalue weighted by atomic mass is 19.3. The van der Waals surface area contributed by atoms with Crippen LogP contribution in [0.5, 0.6) is 0 Å². The number of alkyl halides is 2. The fourth-order valence-electron chi connectivity index (χ4n) is 2.79. The highest BCUT2D eigenvalue weighted by Crippen LogP contribution is 2.73. The highest BCUT2D eigenvalue weighted by molar-refractivity contribution is 5.16. The molecule has 0 saturated heterocycles. The van der Waals surface area contributed by atoms with E-state index in [4.69, 9.17) is 5.11 Å². The Morgan fingerprint density at radius 3 is 2.25 bits per heavy atom. The molecule has 2 nitrogen and oxygen atoms in total. The van der Waals surface area contributed by atoms with E-state index in [1.54, 1.807) is 0 Å². The van der Waals surface area contributed by atoms with Crippen molar-refractivity contribution in [3.05, 3.63) is 0 Å². The lowest BCUT2D eigenvalue weighted by atomic mass is 9.36. The molecule has 0 atom stereocenters. The lowest BCUT2D eigenvalue weighted by Crippen LogP contribution is -2.65. The number of ether oxygens (including phenoxy) is 1. The molecule has 0 amide bonds. The van der Waals surface area contributed by atoms with Gasteiger partial charge < -0.3 is 9.84 Å². The van der Waals surface area contributed by atoms with Crippen LogP contribution in [0.25, 0.3) is 0 Å². The van der Waals surface area contributed by atoms with E-state index in [1.807, 2.05) is 0 Å². The number of hydrogen-bond donors (Lipinski definition) is 1. The zero-order chi connectivity index (χ0) is 8.82. The summed E-state index contributed by atoms with van der Waals surface area (Å²) in [6, 6.07) is 0. The maximum atomic E-state index is 11.6. The van der Waals surface area contributed by atoms with Gasteiger partial charge in [0.2, 0.25) is 0 Å². The standard InChI is InChI=1S/C8H12F2O2/c9-6(10)12-5-8-1-7(2-8,3-8)4-11/h6,11H,1-5H2. The van der Waals surface area contributed by atoms with E-state index >= 15 is 0 Å².